The number of ether oxygens (including phenoxy) is 1. The second kappa shape index (κ2) is 12.5. The highest BCUT2D eigenvalue weighted by Crippen LogP contribution is 2.26. The second-order valence-electron chi connectivity index (χ2n) is 8.15. The van der Waals surface area contributed by atoms with Gasteiger partial charge in [0, 0.05) is 5.56 Å². The summed E-state index contributed by atoms with van der Waals surface area (Å²) < 4.78 is 5.79. The van der Waals surface area contributed by atoms with Gasteiger partial charge in [0.15, 0.2) is 12.1 Å². The molecule has 0 aliphatic carbocycles. The summed E-state index contributed by atoms with van der Waals surface area (Å²) in [5.41, 5.74) is 2.17. The van der Waals surface area contributed by atoms with Crippen LogP contribution in [-0.4, -0.2) is 39.6 Å². The number of benzene rings is 3. The molecular formula is C28H29NO6. The van der Waals surface area contributed by atoms with Crippen molar-refractivity contribution in [2.75, 3.05) is 6.61 Å². The number of aliphatic imine (C=N–C) groups is 1. The number of aliphatic carboxylic acids is 2. The van der Waals surface area contributed by atoms with Crippen LogP contribution in [-0.2, 0) is 9.59 Å². The van der Waals surface area contributed by atoms with E-state index in [1.54, 1.807) is 6.08 Å². The number of fused-ring (bicyclic) bond motifs is 1. The Kier molecular flexibility index (Phi) is 9.15. The Bertz CT molecular complexity index is 1190. The molecule has 3 aromatic rings. The van der Waals surface area contributed by atoms with Gasteiger partial charge in [-0.15, -0.1) is 0 Å². The molecule has 0 bridgehead atoms. The quantitative estimate of drug-likeness (QED) is 0.177. The zero-order valence-electron chi connectivity index (χ0n) is 19.3. The van der Waals surface area contributed by atoms with Gasteiger partial charge in [-0.1, -0.05) is 68.0 Å². The third-order valence-electron chi connectivity index (χ3n) is 5.66. The molecule has 0 fully saturated rings. The largest absolute Gasteiger partial charge is 0.494 e. The van der Waals surface area contributed by atoms with Crippen LogP contribution in [0.1, 0.15) is 43.0 Å². The fourth-order valence-corrected chi connectivity index (χ4v) is 3.72. The predicted octanol–water partition coefficient (Wildman–Crippen LogP) is 5.23. The number of unbranched alkanes of at least 4 members (excludes halogenated alkanes) is 2. The number of nitrogens with zero attached hydrogens (tertiary/aromatic N) is 1. The number of hydrogen-bond acceptors (Lipinski definition) is 5. The lowest BCUT2D eigenvalue weighted by atomic mass is 10.0. The molecule has 1 atom stereocenters. The zero-order valence-corrected chi connectivity index (χ0v) is 19.3. The van der Waals surface area contributed by atoms with Crippen LogP contribution in [0.5, 0.6) is 5.75 Å². The Balaban J connectivity index is 1.56. The first-order valence-corrected chi connectivity index (χ1v) is 11.4. The summed E-state index contributed by atoms with van der Waals surface area (Å²) in [5, 5.41) is 30.3. The highest BCUT2D eigenvalue weighted by molar-refractivity contribution is 6.08. The molecule has 7 nitrogen and oxygen atoms in total. The molecule has 3 aromatic carbocycles. The summed E-state index contributed by atoms with van der Waals surface area (Å²) in [6, 6.07) is 20.9. The van der Waals surface area contributed by atoms with E-state index in [-0.39, 0.29) is 6.42 Å². The van der Waals surface area contributed by atoms with Crippen LogP contribution in [0.25, 0.3) is 10.8 Å². The van der Waals surface area contributed by atoms with E-state index in [1.807, 2.05) is 66.7 Å². The SMILES string of the molecule is C=C/C(=N\C(O)c1ccc2cc(OCCCCCC(C(=O)O)C(=O)O)ccc2c1)c1ccccc1. The van der Waals surface area contributed by atoms with E-state index < -0.39 is 24.1 Å². The normalized spacial score (nSPS) is 12.5. The number of aliphatic hydroxyl groups excluding tert-OH is 1. The molecule has 3 rings (SSSR count). The molecule has 0 radical (unpaired) electrons. The number of aliphatic hydroxyl groups is 1. The summed E-state index contributed by atoms with van der Waals surface area (Å²) in [6.45, 7) is 4.25. The molecule has 7 heteroatoms. The Hall–Kier alpha value is -3.97. The number of carbonyl (C=O) groups is 2. The van der Waals surface area contributed by atoms with Gasteiger partial charge in [0.1, 0.15) is 5.75 Å². The maximum Gasteiger partial charge on any atom is 0.317 e. The van der Waals surface area contributed by atoms with E-state index in [4.69, 9.17) is 14.9 Å². The second-order valence-corrected chi connectivity index (χ2v) is 8.15. The highest BCUT2D eigenvalue weighted by atomic mass is 16.5. The van der Waals surface area contributed by atoms with E-state index in [9.17, 15) is 14.7 Å². The molecule has 0 aliphatic heterocycles. The minimum Gasteiger partial charge on any atom is -0.494 e. The van der Waals surface area contributed by atoms with E-state index in [0.29, 0.717) is 42.9 Å². The lowest BCUT2D eigenvalue weighted by Gasteiger charge is -2.11. The van der Waals surface area contributed by atoms with Crippen molar-refractivity contribution in [3.63, 3.8) is 0 Å². The van der Waals surface area contributed by atoms with Gasteiger partial charge in [-0.3, -0.25) is 9.59 Å². The van der Waals surface area contributed by atoms with Crippen molar-refractivity contribution >= 4 is 28.4 Å². The van der Waals surface area contributed by atoms with Gasteiger partial charge >= 0.3 is 11.9 Å². The minimum absolute atomic E-state index is 0.110. The van der Waals surface area contributed by atoms with E-state index in [1.165, 1.54) is 0 Å². The van der Waals surface area contributed by atoms with Crippen molar-refractivity contribution in [1.29, 1.82) is 0 Å². The molecule has 0 saturated heterocycles. The van der Waals surface area contributed by atoms with E-state index in [2.05, 4.69) is 11.6 Å². The van der Waals surface area contributed by atoms with Crippen molar-refractivity contribution in [3.8, 4) is 5.75 Å². The maximum atomic E-state index is 10.9. The standard InChI is InChI=1S/C28H29NO6/c1-2-25(19-9-5-3-6-10-19)29-26(30)22-13-12-21-18-23(15-14-20(21)17-22)35-16-8-4-7-11-24(27(31)32)28(33)34/h2-3,5-6,9-10,12-15,17-18,24,26,30H,1,4,7-8,11,16H2,(H,31,32)(H,33,34)/b29-25+. The average molecular weight is 476 g/mol. The molecule has 0 spiro atoms. The lowest BCUT2D eigenvalue weighted by Crippen LogP contribution is -2.23. The van der Waals surface area contributed by atoms with Crippen molar-refractivity contribution in [1.82, 2.24) is 0 Å². The highest BCUT2D eigenvalue weighted by Gasteiger charge is 2.24. The van der Waals surface area contributed by atoms with Crippen LogP contribution in [0, 0.1) is 5.92 Å². The Morgan fingerprint density at radius 2 is 1.60 bits per heavy atom. The average Bonchev–Trinajstić information content (AvgIpc) is 2.86. The fourth-order valence-electron chi connectivity index (χ4n) is 3.72. The van der Waals surface area contributed by atoms with Crippen LogP contribution in [0.4, 0.5) is 0 Å². The molecule has 0 aliphatic rings. The number of rotatable bonds is 13. The number of allylic oxidation sites excluding steroid dienone is 1. The molecule has 0 aromatic heterocycles. The van der Waals surface area contributed by atoms with Crippen LogP contribution >= 0.6 is 0 Å². The molecule has 0 saturated carbocycles. The van der Waals surface area contributed by atoms with Crippen molar-refractivity contribution in [3.05, 3.63) is 90.5 Å². The number of hydrogen-bond donors (Lipinski definition) is 3. The third-order valence-corrected chi connectivity index (χ3v) is 5.66. The Labute approximate surface area is 204 Å². The van der Waals surface area contributed by atoms with Gasteiger partial charge in [-0.2, -0.15) is 0 Å². The van der Waals surface area contributed by atoms with Gasteiger partial charge in [0.25, 0.3) is 0 Å². The number of carboxylic acids is 2. The third kappa shape index (κ3) is 7.25. The van der Waals surface area contributed by atoms with Crippen LogP contribution in [0.2, 0.25) is 0 Å². The maximum absolute atomic E-state index is 10.9. The molecule has 0 heterocycles. The number of carboxylic acid groups (broad SMARTS) is 2. The lowest BCUT2D eigenvalue weighted by molar-refractivity contribution is -0.154. The fraction of sp³-hybridized carbons (Fsp3) is 0.250. The molecule has 0 amide bonds. The first kappa shape index (κ1) is 25.6. The zero-order chi connectivity index (χ0) is 25.2. The topological polar surface area (TPSA) is 116 Å². The molecule has 3 N–H and O–H groups in total. The summed E-state index contributed by atoms with van der Waals surface area (Å²) in [4.78, 5) is 26.2. The van der Waals surface area contributed by atoms with Gasteiger partial charge in [-0.05, 0) is 53.5 Å². The van der Waals surface area contributed by atoms with Crippen molar-refractivity contribution in [2.45, 2.75) is 31.9 Å². The summed E-state index contributed by atoms with van der Waals surface area (Å²) in [6.07, 6.45) is 2.60. The monoisotopic (exact) mass is 475 g/mol. The van der Waals surface area contributed by atoms with Crippen molar-refractivity contribution < 1.29 is 29.6 Å². The smallest absolute Gasteiger partial charge is 0.317 e. The Morgan fingerprint density at radius 3 is 2.29 bits per heavy atom. The molecule has 182 valence electrons. The molecule has 1 unspecified atom stereocenters. The van der Waals surface area contributed by atoms with E-state index in [0.717, 1.165) is 16.3 Å². The van der Waals surface area contributed by atoms with Gasteiger partial charge in [0.05, 0.1) is 12.3 Å². The first-order valence-electron chi connectivity index (χ1n) is 11.4. The van der Waals surface area contributed by atoms with Crippen LogP contribution < -0.4 is 4.74 Å². The van der Waals surface area contributed by atoms with Gasteiger partial charge in [0.2, 0.25) is 0 Å². The first-order chi connectivity index (χ1) is 16.9. The van der Waals surface area contributed by atoms with Crippen molar-refractivity contribution in [2.24, 2.45) is 10.9 Å². The van der Waals surface area contributed by atoms with Gasteiger partial charge in [-0.25, -0.2) is 4.99 Å². The predicted molar refractivity (Wildman–Crippen MR) is 135 cm³/mol. The summed E-state index contributed by atoms with van der Waals surface area (Å²) >= 11 is 0. The molecular weight excluding hydrogens is 446 g/mol. The molecule has 35 heavy (non-hydrogen) atoms. The van der Waals surface area contributed by atoms with Crippen LogP contribution in [0.15, 0.2) is 84.4 Å². The Morgan fingerprint density at radius 1 is 0.914 bits per heavy atom. The van der Waals surface area contributed by atoms with Crippen LogP contribution in [0.3, 0.4) is 0 Å². The minimum atomic E-state index is -1.35. The summed E-state index contributed by atoms with van der Waals surface area (Å²) in [5.74, 6) is -3.25. The van der Waals surface area contributed by atoms with E-state index >= 15 is 0 Å². The summed E-state index contributed by atoms with van der Waals surface area (Å²) in [7, 11) is 0. The van der Waals surface area contributed by atoms with Gasteiger partial charge < -0.3 is 20.1 Å².